The van der Waals surface area contributed by atoms with E-state index in [4.69, 9.17) is 4.74 Å². The maximum Gasteiger partial charge on any atom is 0.309 e. The Bertz CT molecular complexity index is 453. The Hall–Kier alpha value is -1.03. The highest BCUT2D eigenvalue weighted by molar-refractivity contribution is 9.10. The Morgan fingerprint density at radius 1 is 1.39 bits per heavy atom. The van der Waals surface area contributed by atoms with Crippen LogP contribution >= 0.6 is 15.9 Å². The number of halogens is 1. The first-order valence-electron chi connectivity index (χ1n) is 5.90. The molecule has 100 valence electrons. The largest absolute Gasteiger partial charge is 0.496 e. The molecule has 1 aromatic rings. The third-order valence-electron chi connectivity index (χ3n) is 3.00. The topological polar surface area (TPSA) is 46.5 Å². The highest BCUT2D eigenvalue weighted by atomic mass is 79.9. The number of methoxy groups -OCH3 is 1. The van der Waals surface area contributed by atoms with E-state index in [0.717, 1.165) is 27.8 Å². The van der Waals surface area contributed by atoms with Gasteiger partial charge in [-0.2, -0.15) is 0 Å². The molecule has 0 aliphatic heterocycles. The first-order valence-corrected chi connectivity index (χ1v) is 6.69. The molecule has 0 spiro atoms. The lowest BCUT2D eigenvalue weighted by Crippen LogP contribution is -2.26. The van der Waals surface area contributed by atoms with Gasteiger partial charge in [0.1, 0.15) is 5.75 Å². The van der Waals surface area contributed by atoms with Crippen LogP contribution in [0.2, 0.25) is 0 Å². The second-order valence-corrected chi connectivity index (χ2v) is 5.89. The smallest absolute Gasteiger partial charge is 0.309 e. The zero-order valence-electron chi connectivity index (χ0n) is 11.2. The van der Waals surface area contributed by atoms with Crippen LogP contribution in [-0.4, -0.2) is 18.2 Å². The highest BCUT2D eigenvalue weighted by Gasteiger charge is 2.29. The van der Waals surface area contributed by atoms with Crippen molar-refractivity contribution < 1.29 is 14.6 Å². The second kappa shape index (κ2) is 5.74. The number of carbonyl (C=O) groups is 1. The average molecular weight is 315 g/mol. The number of aliphatic carboxylic acids is 1. The summed E-state index contributed by atoms with van der Waals surface area (Å²) >= 11 is 3.46. The molecule has 1 rings (SSSR count). The van der Waals surface area contributed by atoms with Crippen molar-refractivity contribution in [3.05, 3.63) is 27.7 Å². The predicted molar refractivity (Wildman–Crippen MR) is 75.2 cm³/mol. The van der Waals surface area contributed by atoms with Crippen molar-refractivity contribution in [2.75, 3.05) is 7.11 Å². The Labute approximate surface area is 116 Å². The van der Waals surface area contributed by atoms with Gasteiger partial charge in [-0.15, -0.1) is 0 Å². The molecular formula is C14H19BrO3. The zero-order valence-corrected chi connectivity index (χ0v) is 12.8. The summed E-state index contributed by atoms with van der Waals surface area (Å²) in [5, 5.41) is 9.21. The monoisotopic (exact) mass is 314 g/mol. The number of carboxylic acids is 1. The van der Waals surface area contributed by atoms with Crippen LogP contribution in [0.1, 0.15) is 31.9 Å². The van der Waals surface area contributed by atoms with Gasteiger partial charge in [0.2, 0.25) is 0 Å². The third-order valence-corrected chi connectivity index (χ3v) is 3.46. The highest BCUT2D eigenvalue weighted by Crippen LogP contribution is 2.33. The van der Waals surface area contributed by atoms with E-state index in [1.54, 1.807) is 21.0 Å². The van der Waals surface area contributed by atoms with Crippen molar-refractivity contribution in [1.29, 1.82) is 0 Å². The third kappa shape index (κ3) is 3.25. The van der Waals surface area contributed by atoms with E-state index in [0.29, 0.717) is 6.42 Å². The number of hydrogen-bond acceptors (Lipinski definition) is 2. The molecule has 0 heterocycles. The number of aryl methyl sites for hydroxylation is 1. The Balaban J connectivity index is 3.23. The van der Waals surface area contributed by atoms with Crippen molar-refractivity contribution >= 4 is 21.9 Å². The van der Waals surface area contributed by atoms with Crippen LogP contribution < -0.4 is 4.74 Å². The molecule has 18 heavy (non-hydrogen) atoms. The SMILES string of the molecule is CCc1cc(Br)cc(CC(C)(C)C(=O)O)c1OC. The van der Waals surface area contributed by atoms with Gasteiger partial charge < -0.3 is 9.84 Å². The van der Waals surface area contributed by atoms with Crippen LogP contribution in [0.4, 0.5) is 0 Å². The first kappa shape index (κ1) is 15.0. The molecule has 0 aliphatic carbocycles. The van der Waals surface area contributed by atoms with Crippen LogP contribution in [0.25, 0.3) is 0 Å². The van der Waals surface area contributed by atoms with E-state index in [2.05, 4.69) is 22.9 Å². The Kier molecular flexibility index (Phi) is 4.79. The maximum absolute atomic E-state index is 11.2. The van der Waals surface area contributed by atoms with E-state index in [1.165, 1.54) is 0 Å². The van der Waals surface area contributed by atoms with Crippen LogP contribution in [-0.2, 0) is 17.6 Å². The quantitative estimate of drug-likeness (QED) is 0.902. The van der Waals surface area contributed by atoms with E-state index >= 15 is 0 Å². The van der Waals surface area contributed by atoms with Gasteiger partial charge in [-0.25, -0.2) is 0 Å². The number of carboxylic acid groups (broad SMARTS) is 1. The van der Waals surface area contributed by atoms with Crippen molar-refractivity contribution in [2.45, 2.75) is 33.6 Å². The summed E-state index contributed by atoms with van der Waals surface area (Å²) < 4.78 is 6.39. The molecule has 1 aromatic carbocycles. The summed E-state index contributed by atoms with van der Waals surface area (Å²) in [6, 6.07) is 3.94. The van der Waals surface area contributed by atoms with Gasteiger partial charge in [0, 0.05) is 4.47 Å². The summed E-state index contributed by atoms with van der Waals surface area (Å²) in [5.41, 5.74) is 1.21. The van der Waals surface area contributed by atoms with E-state index < -0.39 is 11.4 Å². The van der Waals surface area contributed by atoms with Crippen molar-refractivity contribution in [3.63, 3.8) is 0 Å². The van der Waals surface area contributed by atoms with Gasteiger partial charge in [0.15, 0.2) is 0 Å². The second-order valence-electron chi connectivity index (χ2n) is 4.98. The maximum atomic E-state index is 11.2. The lowest BCUT2D eigenvalue weighted by Gasteiger charge is -2.22. The van der Waals surface area contributed by atoms with Gasteiger partial charge in [0.05, 0.1) is 12.5 Å². The molecule has 4 heteroatoms. The molecule has 3 nitrogen and oxygen atoms in total. The summed E-state index contributed by atoms with van der Waals surface area (Å²) in [5.74, 6) is -0.00222. The Morgan fingerprint density at radius 2 is 1.94 bits per heavy atom. The Morgan fingerprint density at radius 3 is 2.39 bits per heavy atom. The van der Waals surface area contributed by atoms with E-state index in [-0.39, 0.29) is 0 Å². The van der Waals surface area contributed by atoms with Crippen LogP contribution in [0.5, 0.6) is 5.75 Å². The zero-order chi connectivity index (χ0) is 13.9. The van der Waals surface area contributed by atoms with Crippen molar-refractivity contribution in [1.82, 2.24) is 0 Å². The molecule has 0 unspecified atom stereocenters. The fraction of sp³-hybridized carbons (Fsp3) is 0.500. The molecule has 0 aliphatic rings. The fourth-order valence-corrected chi connectivity index (χ4v) is 2.47. The van der Waals surface area contributed by atoms with Crippen molar-refractivity contribution in [2.24, 2.45) is 5.41 Å². The van der Waals surface area contributed by atoms with Gasteiger partial charge >= 0.3 is 5.97 Å². The average Bonchev–Trinajstić information content (AvgIpc) is 2.27. The lowest BCUT2D eigenvalue weighted by atomic mass is 9.85. The van der Waals surface area contributed by atoms with Crippen LogP contribution in [0.15, 0.2) is 16.6 Å². The standard InChI is InChI=1S/C14H19BrO3/c1-5-9-6-11(15)7-10(12(9)18-4)8-14(2,3)13(16)17/h6-7H,5,8H2,1-4H3,(H,16,17). The number of hydrogen-bond donors (Lipinski definition) is 1. The minimum absolute atomic E-state index is 0.442. The van der Waals surface area contributed by atoms with Gasteiger partial charge in [-0.1, -0.05) is 22.9 Å². The summed E-state index contributed by atoms with van der Waals surface area (Å²) in [6.45, 7) is 5.50. The fourth-order valence-electron chi connectivity index (χ4n) is 1.92. The number of rotatable bonds is 5. The molecule has 0 aromatic heterocycles. The minimum Gasteiger partial charge on any atom is -0.496 e. The lowest BCUT2D eigenvalue weighted by molar-refractivity contribution is -0.146. The van der Waals surface area contributed by atoms with Gasteiger partial charge in [0.25, 0.3) is 0 Å². The van der Waals surface area contributed by atoms with Crippen molar-refractivity contribution in [3.8, 4) is 5.75 Å². The van der Waals surface area contributed by atoms with Gasteiger partial charge in [-0.3, -0.25) is 4.79 Å². The molecule has 0 saturated heterocycles. The number of ether oxygens (including phenoxy) is 1. The number of benzene rings is 1. The molecule has 0 bridgehead atoms. The predicted octanol–water partition coefficient (Wildman–Crippen LogP) is 3.67. The molecule has 0 radical (unpaired) electrons. The summed E-state index contributed by atoms with van der Waals surface area (Å²) in [7, 11) is 1.62. The molecule has 0 atom stereocenters. The summed E-state index contributed by atoms with van der Waals surface area (Å²) in [4.78, 5) is 11.2. The molecular weight excluding hydrogens is 296 g/mol. The minimum atomic E-state index is -0.806. The van der Waals surface area contributed by atoms with Crippen LogP contribution in [0, 0.1) is 5.41 Å². The van der Waals surface area contributed by atoms with Crippen LogP contribution in [0.3, 0.4) is 0 Å². The van der Waals surface area contributed by atoms with E-state index in [9.17, 15) is 9.90 Å². The van der Waals surface area contributed by atoms with E-state index in [1.807, 2.05) is 12.1 Å². The molecule has 0 amide bonds. The normalized spacial score (nSPS) is 11.4. The molecule has 1 N–H and O–H groups in total. The molecule has 0 saturated carbocycles. The van der Waals surface area contributed by atoms with Gasteiger partial charge in [-0.05, 0) is 49.9 Å². The summed E-state index contributed by atoms with van der Waals surface area (Å²) in [6.07, 6.45) is 1.29. The first-order chi connectivity index (χ1) is 8.31. The molecule has 0 fully saturated rings.